The first-order chi connectivity index (χ1) is 7.02. The van der Waals surface area contributed by atoms with Gasteiger partial charge in [0.05, 0.1) is 0 Å². The number of nitrogens with one attached hydrogen (secondary N) is 1. The number of hydrogen-bond acceptors (Lipinski definition) is 1. The zero-order valence-electron chi connectivity index (χ0n) is 9.66. The lowest BCUT2D eigenvalue weighted by atomic mass is 10.1. The van der Waals surface area contributed by atoms with Crippen molar-refractivity contribution >= 4 is 0 Å². The number of alkyl halides is 3. The van der Waals surface area contributed by atoms with Crippen molar-refractivity contribution in [1.29, 1.82) is 0 Å². The average Bonchev–Trinajstić information content (AvgIpc) is 2.15. The number of halogens is 3. The first kappa shape index (κ1) is 14.8. The highest BCUT2D eigenvalue weighted by Gasteiger charge is 2.37. The van der Waals surface area contributed by atoms with Crippen LogP contribution in [0.15, 0.2) is 0 Å². The third-order valence-electron chi connectivity index (χ3n) is 2.59. The molecule has 0 saturated heterocycles. The molecule has 15 heavy (non-hydrogen) atoms. The summed E-state index contributed by atoms with van der Waals surface area (Å²) in [6, 6.07) is -1.33. The molecule has 0 aliphatic carbocycles. The quantitative estimate of drug-likeness (QED) is 0.618. The molecular weight excluding hydrogens is 203 g/mol. The smallest absolute Gasteiger partial charge is 0.309 e. The summed E-state index contributed by atoms with van der Waals surface area (Å²) in [5, 5.41) is 2.32. The van der Waals surface area contributed by atoms with Gasteiger partial charge in [-0.05, 0) is 13.5 Å². The van der Waals surface area contributed by atoms with Gasteiger partial charge >= 0.3 is 6.18 Å². The van der Waals surface area contributed by atoms with Gasteiger partial charge in [0.25, 0.3) is 0 Å². The van der Waals surface area contributed by atoms with Crippen molar-refractivity contribution in [3.8, 4) is 0 Å². The predicted molar refractivity (Wildman–Crippen MR) is 56.9 cm³/mol. The van der Waals surface area contributed by atoms with E-state index in [2.05, 4.69) is 12.2 Å². The molecule has 0 fully saturated rings. The van der Waals surface area contributed by atoms with Gasteiger partial charge in [-0.1, -0.05) is 45.4 Å². The van der Waals surface area contributed by atoms with Crippen LogP contribution in [-0.2, 0) is 0 Å². The zero-order valence-corrected chi connectivity index (χ0v) is 9.66. The van der Waals surface area contributed by atoms with Crippen molar-refractivity contribution in [3.63, 3.8) is 0 Å². The Morgan fingerprint density at radius 2 is 1.53 bits per heavy atom. The molecule has 0 aromatic rings. The Labute approximate surface area is 90.4 Å². The van der Waals surface area contributed by atoms with Gasteiger partial charge in [-0.25, -0.2) is 0 Å². The molecule has 1 unspecified atom stereocenters. The summed E-state index contributed by atoms with van der Waals surface area (Å²) >= 11 is 0. The second kappa shape index (κ2) is 7.97. The molecule has 1 atom stereocenters. The summed E-state index contributed by atoms with van der Waals surface area (Å²) in [7, 11) is 1.37. The standard InChI is InChI=1S/C11H22F3N/c1-3-4-5-6-7-8-9-10(15-2)11(12,13)14/h10,15H,3-9H2,1-2H3. The maximum absolute atomic E-state index is 12.3. The fourth-order valence-electron chi connectivity index (χ4n) is 1.60. The third-order valence-corrected chi connectivity index (χ3v) is 2.59. The van der Waals surface area contributed by atoms with E-state index in [0.29, 0.717) is 6.42 Å². The van der Waals surface area contributed by atoms with Crippen molar-refractivity contribution < 1.29 is 13.2 Å². The Hall–Kier alpha value is -0.250. The van der Waals surface area contributed by atoms with Crippen LogP contribution in [0.1, 0.15) is 51.9 Å². The van der Waals surface area contributed by atoms with Gasteiger partial charge in [0.2, 0.25) is 0 Å². The van der Waals surface area contributed by atoms with E-state index < -0.39 is 12.2 Å². The minimum Gasteiger partial charge on any atom is -0.309 e. The van der Waals surface area contributed by atoms with Gasteiger partial charge in [0.15, 0.2) is 0 Å². The molecule has 0 amide bonds. The summed E-state index contributed by atoms with van der Waals surface area (Å²) in [6.45, 7) is 2.13. The summed E-state index contributed by atoms with van der Waals surface area (Å²) in [6.07, 6.45) is 2.23. The molecule has 0 aliphatic rings. The molecule has 4 heteroatoms. The Kier molecular flexibility index (Phi) is 7.83. The molecule has 0 saturated carbocycles. The topological polar surface area (TPSA) is 12.0 Å². The van der Waals surface area contributed by atoms with E-state index in [1.807, 2.05) is 0 Å². The van der Waals surface area contributed by atoms with Gasteiger partial charge in [-0.2, -0.15) is 13.2 Å². The van der Waals surface area contributed by atoms with Crippen molar-refractivity contribution in [3.05, 3.63) is 0 Å². The van der Waals surface area contributed by atoms with E-state index in [-0.39, 0.29) is 6.42 Å². The lowest BCUT2D eigenvalue weighted by Gasteiger charge is -2.19. The lowest BCUT2D eigenvalue weighted by molar-refractivity contribution is -0.156. The predicted octanol–water partition coefficient (Wildman–Crippen LogP) is 3.89. The van der Waals surface area contributed by atoms with Crippen molar-refractivity contribution in [2.75, 3.05) is 7.05 Å². The molecule has 92 valence electrons. The Balaban J connectivity index is 3.48. The normalized spacial score (nSPS) is 14.2. The number of rotatable bonds is 8. The van der Waals surface area contributed by atoms with Crippen LogP contribution < -0.4 is 5.32 Å². The lowest BCUT2D eigenvalue weighted by Crippen LogP contribution is -2.39. The molecule has 1 N–H and O–H groups in total. The first-order valence-corrected chi connectivity index (χ1v) is 5.76. The summed E-state index contributed by atoms with van der Waals surface area (Å²) in [4.78, 5) is 0. The fraction of sp³-hybridized carbons (Fsp3) is 1.00. The van der Waals surface area contributed by atoms with Gasteiger partial charge in [-0.15, -0.1) is 0 Å². The molecule has 0 spiro atoms. The molecular formula is C11H22F3N. The van der Waals surface area contributed by atoms with Gasteiger partial charge in [-0.3, -0.25) is 0 Å². The van der Waals surface area contributed by atoms with E-state index >= 15 is 0 Å². The summed E-state index contributed by atoms with van der Waals surface area (Å²) in [5.41, 5.74) is 0. The van der Waals surface area contributed by atoms with Gasteiger partial charge in [0, 0.05) is 0 Å². The molecule has 1 nitrogen and oxygen atoms in total. The van der Waals surface area contributed by atoms with E-state index in [1.54, 1.807) is 0 Å². The average molecular weight is 225 g/mol. The molecule has 0 bridgehead atoms. The largest absolute Gasteiger partial charge is 0.403 e. The third kappa shape index (κ3) is 7.65. The fourth-order valence-corrected chi connectivity index (χ4v) is 1.60. The van der Waals surface area contributed by atoms with Crippen LogP contribution in [0, 0.1) is 0 Å². The Morgan fingerprint density at radius 1 is 1.00 bits per heavy atom. The highest BCUT2D eigenvalue weighted by Crippen LogP contribution is 2.24. The molecule has 0 aromatic carbocycles. The first-order valence-electron chi connectivity index (χ1n) is 5.76. The van der Waals surface area contributed by atoms with Crippen LogP contribution in [0.3, 0.4) is 0 Å². The van der Waals surface area contributed by atoms with Crippen molar-refractivity contribution in [1.82, 2.24) is 5.32 Å². The maximum Gasteiger partial charge on any atom is 0.403 e. The zero-order chi connectivity index (χ0) is 11.7. The molecule has 0 aromatic heterocycles. The highest BCUT2D eigenvalue weighted by molar-refractivity contribution is 4.72. The SMILES string of the molecule is CCCCCCCCC(NC)C(F)(F)F. The maximum atomic E-state index is 12.3. The van der Waals surface area contributed by atoms with Gasteiger partial charge in [0.1, 0.15) is 6.04 Å². The van der Waals surface area contributed by atoms with E-state index in [9.17, 15) is 13.2 Å². The summed E-state index contributed by atoms with van der Waals surface area (Å²) in [5.74, 6) is 0. The van der Waals surface area contributed by atoms with Crippen LogP contribution in [0.2, 0.25) is 0 Å². The van der Waals surface area contributed by atoms with Crippen molar-refractivity contribution in [2.24, 2.45) is 0 Å². The molecule has 0 radical (unpaired) electrons. The number of hydrogen-bond donors (Lipinski definition) is 1. The van der Waals surface area contributed by atoms with Crippen LogP contribution in [0.5, 0.6) is 0 Å². The minimum atomic E-state index is -4.10. The molecule has 0 aliphatic heterocycles. The van der Waals surface area contributed by atoms with Crippen LogP contribution >= 0.6 is 0 Å². The molecule has 0 rings (SSSR count). The van der Waals surface area contributed by atoms with Gasteiger partial charge < -0.3 is 5.32 Å². The monoisotopic (exact) mass is 225 g/mol. The van der Waals surface area contributed by atoms with E-state index in [1.165, 1.54) is 19.9 Å². The van der Waals surface area contributed by atoms with Crippen LogP contribution in [0.4, 0.5) is 13.2 Å². The highest BCUT2D eigenvalue weighted by atomic mass is 19.4. The Morgan fingerprint density at radius 3 is 2.00 bits per heavy atom. The van der Waals surface area contributed by atoms with Crippen LogP contribution in [0.25, 0.3) is 0 Å². The second-order valence-corrected chi connectivity index (χ2v) is 3.94. The Bertz CT molecular complexity index is 145. The van der Waals surface area contributed by atoms with Crippen LogP contribution in [-0.4, -0.2) is 19.3 Å². The van der Waals surface area contributed by atoms with E-state index in [4.69, 9.17) is 0 Å². The minimum absolute atomic E-state index is 0.201. The van der Waals surface area contributed by atoms with E-state index in [0.717, 1.165) is 19.3 Å². The van der Waals surface area contributed by atoms with Crippen molar-refractivity contribution in [2.45, 2.75) is 64.1 Å². The number of unbranched alkanes of at least 4 members (excludes halogenated alkanes) is 5. The second-order valence-electron chi connectivity index (χ2n) is 3.94. The summed E-state index contributed by atoms with van der Waals surface area (Å²) < 4.78 is 36.9. The molecule has 0 heterocycles.